The van der Waals surface area contributed by atoms with Gasteiger partial charge in [-0.3, -0.25) is 4.79 Å². The quantitative estimate of drug-likeness (QED) is 0.731. The summed E-state index contributed by atoms with van der Waals surface area (Å²) in [6.07, 6.45) is -1.03. The molecule has 0 amide bonds. The number of aromatic nitrogens is 2. The highest BCUT2D eigenvalue weighted by atomic mass is 35.5. The molecule has 0 unspecified atom stereocenters. The van der Waals surface area contributed by atoms with Gasteiger partial charge in [0.05, 0.1) is 17.6 Å². The minimum Gasteiger partial charge on any atom is -0.378 e. The number of alkyl halides is 2. The van der Waals surface area contributed by atoms with Crippen molar-refractivity contribution in [2.45, 2.75) is 13.0 Å². The van der Waals surface area contributed by atoms with Crippen molar-refractivity contribution < 1.29 is 8.78 Å². The number of para-hydroxylation sites is 1. The van der Waals surface area contributed by atoms with E-state index in [0.29, 0.717) is 17.9 Å². The van der Waals surface area contributed by atoms with Crippen LogP contribution in [0.15, 0.2) is 65.6 Å². The molecule has 0 bridgehead atoms. The van der Waals surface area contributed by atoms with Crippen LogP contribution in [0.2, 0.25) is 5.02 Å². The summed E-state index contributed by atoms with van der Waals surface area (Å²) in [6.45, 7) is 0.333. The molecule has 0 aliphatic rings. The minimum absolute atomic E-state index is 0.0167. The van der Waals surface area contributed by atoms with Crippen LogP contribution in [0.5, 0.6) is 0 Å². The van der Waals surface area contributed by atoms with Gasteiger partial charge in [-0.15, -0.1) is 0 Å². The number of hydrogen-bond acceptors (Lipinski definition) is 3. The second kappa shape index (κ2) is 7.44. The summed E-state index contributed by atoms with van der Waals surface area (Å²) in [4.78, 5) is 12.4. The Hall–Kier alpha value is -2.73. The predicted octanol–water partition coefficient (Wildman–Crippen LogP) is 4.44. The molecule has 7 heteroatoms. The monoisotopic (exact) mass is 361 g/mol. The van der Waals surface area contributed by atoms with Gasteiger partial charge in [0.25, 0.3) is 12.0 Å². The van der Waals surface area contributed by atoms with Crippen LogP contribution in [0.25, 0.3) is 5.69 Å². The van der Waals surface area contributed by atoms with Gasteiger partial charge in [0.15, 0.2) is 0 Å². The lowest BCUT2D eigenvalue weighted by atomic mass is 10.1. The molecule has 0 atom stereocenters. The third-order valence-corrected chi connectivity index (χ3v) is 4.00. The molecule has 0 saturated carbocycles. The second-order valence-electron chi connectivity index (χ2n) is 5.32. The molecule has 0 spiro atoms. The number of benzene rings is 2. The number of hydrogen-bond donors (Lipinski definition) is 1. The van der Waals surface area contributed by atoms with E-state index in [0.717, 1.165) is 5.56 Å². The van der Waals surface area contributed by atoms with Gasteiger partial charge in [0.1, 0.15) is 5.02 Å². The lowest BCUT2D eigenvalue weighted by Crippen LogP contribution is -2.22. The molecule has 1 aromatic heterocycles. The topological polar surface area (TPSA) is 46.9 Å². The van der Waals surface area contributed by atoms with E-state index in [4.69, 9.17) is 11.6 Å². The summed E-state index contributed by atoms with van der Waals surface area (Å²) in [5.41, 5.74) is 1.31. The fourth-order valence-electron chi connectivity index (χ4n) is 2.29. The molecule has 3 aromatic rings. The van der Waals surface area contributed by atoms with Crippen molar-refractivity contribution in [2.24, 2.45) is 0 Å². The fourth-order valence-corrected chi connectivity index (χ4v) is 2.48. The van der Waals surface area contributed by atoms with Crippen molar-refractivity contribution in [2.75, 3.05) is 5.32 Å². The highest BCUT2D eigenvalue weighted by molar-refractivity contribution is 6.32. The maximum absolute atomic E-state index is 12.5. The van der Waals surface area contributed by atoms with Gasteiger partial charge < -0.3 is 5.32 Å². The molecular weight excluding hydrogens is 348 g/mol. The van der Waals surface area contributed by atoms with Crippen molar-refractivity contribution in [1.82, 2.24) is 9.78 Å². The van der Waals surface area contributed by atoms with Gasteiger partial charge in [-0.25, -0.2) is 8.78 Å². The second-order valence-corrected chi connectivity index (χ2v) is 5.70. The average molecular weight is 362 g/mol. The van der Waals surface area contributed by atoms with Gasteiger partial charge in [-0.1, -0.05) is 54.1 Å². The van der Waals surface area contributed by atoms with Crippen LogP contribution in [0.1, 0.15) is 17.6 Å². The van der Waals surface area contributed by atoms with Crippen LogP contribution in [-0.2, 0) is 6.54 Å². The van der Waals surface area contributed by atoms with E-state index in [-0.39, 0.29) is 10.6 Å². The summed E-state index contributed by atoms with van der Waals surface area (Å²) >= 11 is 6.15. The van der Waals surface area contributed by atoms with Crippen molar-refractivity contribution in [3.63, 3.8) is 0 Å². The highest BCUT2D eigenvalue weighted by Gasteiger charge is 2.11. The standard InChI is InChI=1S/C18H14ClF2N3O/c19-16-15(22-10-12-6-8-13(9-7-12)17(20)21)11-23-24(18(16)25)14-4-2-1-3-5-14/h1-9,11,17,22H,10H2. The smallest absolute Gasteiger partial charge is 0.292 e. The van der Waals surface area contributed by atoms with Gasteiger partial charge in [-0.05, 0) is 17.7 Å². The van der Waals surface area contributed by atoms with Gasteiger partial charge in [-0.2, -0.15) is 9.78 Å². The number of nitrogens with one attached hydrogen (secondary N) is 1. The molecule has 3 rings (SSSR count). The summed E-state index contributed by atoms with van der Waals surface area (Å²) in [6, 6.07) is 14.9. The lowest BCUT2D eigenvalue weighted by Gasteiger charge is -2.11. The molecular formula is C18H14ClF2N3O. The van der Waals surface area contributed by atoms with E-state index < -0.39 is 12.0 Å². The van der Waals surface area contributed by atoms with Crippen LogP contribution >= 0.6 is 11.6 Å². The van der Waals surface area contributed by atoms with Crippen LogP contribution in [0.4, 0.5) is 14.5 Å². The third kappa shape index (κ3) is 3.85. The van der Waals surface area contributed by atoms with Crippen LogP contribution in [-0.4, -0.2) is 9.78 Å². The van der Waals surface area contributed by atoms with Crippen LogP contribution < -0.4 is 10.9 Å². The Morgan fingerprint density at radius 3 is 2.40 bits per heavy atom. The van der Waals surface area contributed by atoms with E-state index in [1.165, 1.54) is 23.0 Å². The highest BCUT2D eigenvalue weighted by Crippen LogP contribution is 2.20. The van der Waals surface area contributed by atoms with Crippen LogP contribution in [0.3, 0.4) is 0 Å². The summed E-state index contributed by atoms with van der Waals surface area (Å²) < 4.78 is 26.3. The van der Waals surface area contributed by atoms with Crippen molar-refractivity contribution >= 4 is 17.3 Å². The van der Waals surface area contributed by atoms with Gasteiger partial charge >= 0.3 is 0 Å². The third-order valence-electron chi connectivity index (χ3n) is 3.63. The molecule has 2 aromatic carbocycles. The Balaban J connectivity index is 1.77. The molecule has 25 heavy (non-hydrogen) atoms. The fraction of sp³-hybridized carbons (Fsp3) is 0.111. The van der Waals surface area contributed by atoms with Crippen molar-refractivity contribution in [1.29, 1.82) is 0 Å². The summed E-state index contributed by atoms with van der Waals surface area (Å²) in [7, 11) is 0. The number of rotatable bonds is 5. The van der Waals surface area contributed by atoms with E-state index >= 15 is 0 Å². The summed E-state index contributed by atoms with van der Waals surface area (Å²) in [5, 5.41) is 7.14. The molecule has 128 valence electrons. The SMILES string of the molecule is O=c1c(Cl)c(NCc2ccc(C(F)F)cc2)cnn1-c1ccccc1. The Morgan fingerprint density at radius 1 is 1.08 bits per heavy atom. The Kier molecular flexibility index (Phi) is 5.09. The zero-order chi connectivity index (χ0) is 17.8. The molecule has 4 nitrogen and oxygen atoms in total. The van der Waals surface area contributed by atoms with E-state index in [9.17, 15) is 13.6 Å². The molecule has 0 saturated heterocycles. The summed E-state index contributed by atoms with van der Waals surface area (Å²) in [5.74, 6) is 0. The predicted molar refractivity (Wildman–Crippen MR) is 93.6 cm³/mol. The maximum atomic E-state index is 12.5. The molecule has 0 aliphatic carbocycles. The number of anilines is 1. The van der Waals surface area contributed by atoms with Crippen molar-refractivity contribution in [3.8, 4) is 5.69 Å². The lowest BCUT2D eigenvalue weighted by molar-refractivity contribution is 0.151. The number of halogens is 3. The Bertz CT molecular complexity index is 912. The Morgan fingerprint density at radius 2 is 1.76 bits per heavy atom. The first kappa shape index (κ1) is 17.1. The largest absolute Gasteiger partial charge is 0.378 e. The zero-order valence-corrected chi connectivity index (χ0v) is 13.8. The average Bonchev–Trinajstić information content (AvgIpc) is 2.64. The van der Waals surface area contributed by atoms with Gasteiger partial charge in [0.2, 0.25) is 0 Å². The molecule has 1 N–H and O–H groups in total. The molecule has 0 fully saturated rings. The first-order valence-electron chi connectivity index (χ1n) is 7.50. The molecule has 1 heterocycles. The van der Waals surface area contributed by atoms with E-state index in [2.05, 4.69) is 10.4 Å². The first-order valence-corrected chi connectivity index (χ1v) is 7.88. The van der Waals surface area contributed by atoms with E-state index in [1.807, 2.05) is 6.07 Å². The first-order chi connectivity index (χ1) is 12.1. The zero-order valence-electron chi connectivity index (χ0n) is 13.0. The van der Waals surface area contributed by atoms with Crippen LogP contribution in [0, 0.1) is 0 Å². The van der Waals surface area contributed by atoms with Gasteiger partial charge in [0, 0.05) is 12.1 Å². The maximum Gasteiger partial charge on any atom is 0.292 e. The molecule has 0 aliphatic heterocycles. The van der Waals surface area contributed by atoms with Crippen molar-refractivity contribution in [3.05, 3.63) is 87.3 Å². The minimum atomic E-state index is -2.49. The Labute approximate surface area is 147 Å². The molecule has 0 radical (unpaired) electrons. The van der Waals surface area contributed by atoms with E-state index in [1.54, 1.807) is 36.4 Å². The number of nitrogens with zero attached hydrogens (tertiary/aromatic N) is 2. The normalized spacial score (nSPS) is 10.9.